The minimum Gasteiger partial charge on any atom is -0.406 e. The van der Waals surface area contributed by atoms with Crippen LogP contribution in [0.3, 0.4) is 0 Å². The lowest BCUT2D eigenvalue weighted by molar-refractivity contribution is 0.460. The number of hydrogen-bond acceptors (Lipinski definition) is 5. The maximum absolute atomic E-state index is 5.51. The lowest BCUT2D eigenvalue weighted by Gasteiger charge is -2.04. The Labute approximate surface area is 120 Å². The summed E-state index contributed by atoms with van der Waals surface area (Å²) in [4.78, 5) is 0. The smallest absolute Gasteiger partial charge is 0.320 e. The van der Waals surface area contributed by atoms with E-state index in [0.717, 1.165) is 15.7 Å². The lowest BCUT2D eigenvalue weighted by atomic mass is 10.2. The first-order valence-corrected chi connectivity index (χ1v) is 6.92. The Kier molecular flexibility index (Phi) is 4.55. The standard InChI is InChI=1S/C13H17BrN4O/c1-8(2)15-7-12-17-18-13(19-12)16-11-5-9(3)4-10(14)6-11/h4-6,8,15H,7H2,1-3H3,(H,16,18). The van der Waals surface area contributed by atoms with E-state index >= 15 is 0 Å². The highest BCUT2D eigenvalue weighted by Gasteiger charge is 2.07. The molecule has 0 bridgehead atoms. The first-order chi connectivity index (χ1) is 9.02. The number of benzene rings is 1. The van der Waals surface area contributed by atoms with Crippen LogP contribution < -0.4 is 10.6 Å². The van der Waals surface area contributed by atoms with Crippen molar-refractivity contribution in [3.8, 4) is 0 Å². The van der Waals surface area contributed by atoms with Gasteiger partial charge in [-0.25, -0.2) is 0 Å². The Morgan fingerprint density at radius 3 is 2.74 bits per heavy atom. The molecular weight excluding hydrogens is 308 g/mol. The lowest BCUT2D eigenvalue weighted by Crippen LogP contribution is -2.21. The van der Waals surface area contributed by atoms with Crippen LogP contribution in [0.2, 0.25) is 0 Å². The maximum atomic E-state index is 5.51. The second-order valence-corrected chi connectivity index (χ2v) is 5.59. The van der Waals surface area contributed by atoms with E-state index in [4.69, 9.17) is 4.42 Å². The van der Waals surface area contributed by atoms with E-state index in [1.165, 1.54) is 0 Å². The summed E-state index contributed by atoms with van der Waals surface area (Å²) in [7, 11) is 0. The van der Waals surface area contributed by atoms with Gasteiger partial charge in [0.1, 0.15) is 0 Å². The summed E-state index contributed by atoms with van der Waals surface area (Å²) in [5.74, 6) is 0.572. The summed E-state index contributed by atoms with van der Waals surface area (Å²) in [6.07, 6.45) is 0. The van der Waals surface area contributed by atoms with Crippen LogP contribution in [-0.2, 0) is 6.54 Å². The summed E-state index contributed by atoms with van der Waals surface area (Å²) < 4.78 is 6.52. The Balaban J connectivity index is 2.03. The van der Waals surface area contributed by atoms with Gasteiger partial charge in [-0.05, 0) is 30.7 Å². The second kappa shape index (κ2) is 6.16. The summed E-state index contributed by atoms with van der Waals surface area (Å²) in [5.41, 5.74) is 2.07. The van der Waals surface area contributed by atoms with E-state index in [0.29, 0.717) is 24.5 Å². The molecule has 0 atom stereocenters. The third-order valence-electron chi connectivity index (χ3n) is 2.42. The van der Waals surface area contributed by atoms with Gasteiger partial charge >= 0.3 is 6.01 Å². The number of anilines is 2. The molecule has 0 saturated heterocycles. The average Bonchev–Trinajstić information content (AvgIpc) is 2.72. The SMILES string of the molecule is Cc1cc(Br)cc(Nc2nnc(CNC(C)C)o2)c1. The van der Waals surface area contributed by atoms with Gasteiger partial charge in [0.25, 0.3) is 0 Å². The third-order valence-corrected chi connectivity index (χ3v) is 2.88. The van der Waals surface area contributed by atoms with Gasteiger partial charge in [-0.1, -0.05) is 34.9 Å². The number of aryl methyl sites for hydroxylation is 1. The third kappa shape index (κ3) is 4.33. The highest BCUT2D eigenvalue weighted by molar-refractivity contribution is 9.10. The Morgan fingerprint density at radius 1 is 1.26 bits per heavy atom. The topological polar surface area (TPSA) is 63.0 Å². The molecule has 2 rings (SSSR count). The zero-order valence-electron chi connectivity index (χ0n) is 11.2. The maximum Gasteiger partial charge on any atom is 0.320 e. The fourth-order valence-corrected chi connectivity index (χ4v) is 2.21. The first kappa shape index (κ1) is 14.0. The molecule has 102 valence electrons. The average molecular weight is 325 g/mol. The van der Waals surface area contributed by atoms with E-state index in [9.17, 15) is 0 Å². The molecule has 0 saturated carbocycles. The van der Waals surface area contributed by atoms with Crippen LogP contribution in [0.5, 0.6) is 0 Å². The highest BCUT2D eigenvalue weighted by Crippen LogP contribution is 2.22. The van der Waals surface area contributed by atoms with E-state index in [1.807, 2.05) is 25.1 Å². The minimum atomic E-state index is 0.385. The summed E-state index contributed by atoms with van der Waals surface area (Å²) in [5, 5.41) is 14.3. The normalized spacial score (nSPS) is 11.0. The molecule has 2 N–H and O–H groups in total. The van der Waals surface area contributed by atoms with Gasteiger partial charge < -0.3 is 15.1 Å². The van der Waals surface area contributed by atoms with E-state index < -0.39 is 0 Å². The Bertz CT molecular complexity index is 533. The van der Waals surface area contributed by atoms with Crippen LogP contribution >= 0.6 is 15.9 Å². The largest absolute Gasteiger partial charge is 0.406 e. The number of rotatable bonds is 5. The van der Waals surface area contributed by atoms with Gasteiger partial charge in [0.05, 0.1) is 6.54 Å². The number of nitrogens with one attached hydrogen (secondary N) is 2. The summed E-state index contributed by atoms with van der Waals surface area (Å²) in [6.45, 7) is 6.74. The molecule has 0 unspecified atom stereocenters. The van der Waals surface area contributed by atoms with Crippen molar-refractivity contribution in [3.05, 3.63) is 34.1 Å². The zero-order valence-corrected chi connectivity index (χ0v) is 12.8. The second-order valence-electron chi connectivity index (χ2n) is 4.68. The van der Waals surface area contributed by atoms with Crippen molar-refractivity contribution < 1.29 is 4.42 Å². The fraction of sp³-hybridized carbons (Fsp3) is 0.385. The van der Waals surface area contributed by atoms with Crippen LogP contribution in [0.15, 0.2) is 27.1 Å². The van der Waals surface area contributed by atoms with Crippen LogP contribution in [0.4, 0.5) is 11.7 Å². The van der Waals surface area contributed by atoms with Crippen molar-refractivity contribution in [1.82, 2.24) is 15.5 Å². The van der Waals surface area contributed by atoms with Crippen molar-refractivity contribution in [1.29, 1.82) is 0 Å². The molecule has 0 fully saturated rings. The summed E-state index contributed by atoms with van der Waals surface area (Å²) in [6, 6.07) is 6.80. The van der Waals surface area contributed by atoms with Crippen LogP contribution in [0.25, 0.3) is 0 Å². The van der Waals surface area contributed by atoms with E-state index in [1.54, 1.807) is 0 Å². The molecule has 1 heterocycles. The molecular formula is C13H17BrN4O. The van der Waals surface area contributed by atoms with Crippen molar-refractivity contribution >= 4 is 27.6 Å². The van der Waals surface area contributed by atoms with Crippen molar-refractivity contribution in [3.63, 3.8) is 0 Å². The molecule has 0 spiro atoms. The van der Waals surface area contributed by atoms with Gasteiger partial charge in [-0.2, -0.15) is 0 Å². The molecule has 5 nitrogen and oxygen atoms in total. The van der Waals surface area contributed by atoms with Gasteiger partial charge in [0.2, 0.25) is 5.89 Å². The predicted molar refractivity (Wildman–Crippen MR) is 78.4 cm³/mol. The predicted octanol–water partition coefficient (Wildman–Crippen LogP) is 3.38. The quantitative estimate of drug-likeness (QED) is 0.882. The summed E-state index contributed by atoms with van der Waals surface area (Å²) >= 11 is 3.46. The minimum absolute atomic E-state index is 0.385. The molecule has 1 aromatic carbocycles. The van der Waals surface area contributed by atoms with Crippen LogP contribution in [0, 0.1) is 6.92 Å². The molecule has 19 heavy (non-hydrogen) atoms. The number of aromatic nitrogens is 2. The van der Waals surface area contributed by atoms with Crippen LogP contribution in [-0.4, -0.2) is 16.2 Å². The molecule has 0 radical (unpaired) electrons. The van der Waals surface area contributed by atoms with Gasteiger partial charge in [0.15, 0.2) is 0 Å². The highest BCUT2D eigenvalue weighted by atomic mass is 79.9. The van der Waals surface area contributed by atoms with Crippen LogP contribution in [0.1, 0.15) is 25.3 Å². The van der Waals surface area contributed by atoms with Crippen molar-refractivity contribution in [2.45, 2.75) is 33.4 Å². The molecule has 0 amide bonds. The molecule has 1 aromatic heterocycles. The van der Waals surface area contributed by atoms with E-state index in [2.05, 4.69) is 50.6 Å². The Hall–Kier alpha value is -1.40. The number of halogens is 1. The fourth-order valence-electron chi connectivity index (χ4n) is 1.60. The molecule has 0 aliphatic heterocycles. The van der Waals surface area contributed by atoms with Crippen molar-refractivity contribution in [2.75, 3.05) is 5.32 Å². The number of nitrogens with zero attached hydrogens (tertiary/aromatic N) is 2. The monoisotopic (exact) mass is 324 g/mol. The van der Waals surface area contributed by atoms with Gasteiger partial charge in [-0.3, -0.25) is 0 Å². The first-order valence-electron chi connectivity index (χ1n) is 6.13. The number of hydrogen-bond donors (Lipinski definition) is 2. The van der Waals surface area contributed by atoms with Gasteiger partial charge in [0, 0.05) is 16.2 Å². The molecule has 0 aliphatic rings. The molecule has 0 aliphatic carbocycles. The Morgan fingerprint density at radius 2 is 2.05 bits per heavy atom. The zero-order chi connectivity index (χ0) is 13.8. The van der Waals surface area contributed by atoms with Crippen molar-refractivity contribution in [2.24, 2.45) is 0 Å². The van der Waals surface area contributed by atoms with E-state index in [-0.39, 0.29) is 0 Å². The van der Waals surface area contributed by atoms with Gasteiger partial charge in [-0.15, -0.1) is 5.10 Å². The molecule has 6 heteroatoms. The molecule has 2 aromatic rings.